The maximum absolute atomic E-state index is 11.9. The fraction of sp³-hybridized carbons (Fsp3) is 0.400. The third-order valence-electron chi connectivity index (χ3n) is 0.609. The number of halogens is 3. The van der Waals surface area contributed by atoms with E-state index in [1.54, 1.807) is 0 Å². The lowest BCUT2D eigenvalue weighted by Gasteiger charge is -1.88. The summed E-state index contributed by atoms with van der Waals surface area (Å²) in [6.07, 6.45) is -0.560. The second-order valence-electron chi connectivity index (χ2n) is 1.54. The predicted octanol–water partition coefficient (Wildman–Crippen LogP) is 2.31. The molecule has 0 radical (unpaired) electrons. The maximum atomic E-state index is 11.9. The summed E-state index contributed by atoms with van der Waals surface area (Å²) in [5, 5.41) is -1.44. The number of hydrogen-bond donors (Lipinski definition) is 0. The van der Waals surface area contributed by atoms with Crippen molar-refractivity contribution in [3.63, 3.8) is 0 Å². The monoisotopic (exact) mass is 154 g/mol. The topological polar surface area (TPSA) is 17.1 Å². The highest BCUT2D eigenvalue weighted by Gasteiger charge is 2.04. The van der Waals surface area contributed by atoms with Gasteiger partial charge in [-0.2, -0.15) is 4.39 Å². The molecule has 0 heterocycles. The van der Waals surface area contributed by atoms with Crippen LogP contribution in [0.5, 0.6) is 0 Å². The Hall–Kier alpha value is -0.440. The molecule has 0 N–H and O–H groups in total. The van der Waals surface area contributed by atoms with Crippen molar-refractivity contribution in [2.75, 3.05) is 0 Å². The van der Waals surface area contributed by atoms with Crippen LogP contribution in [0.25, 0.3) is 0 Å². The van der Waals surface area contributed by atoms with Crippen molar-refractivity contribution >= 4 is 17.4 Å². The Morgan fingerprint density at radius 3 is 2.11 bits per heavy atom. The molecule has 0 aromatic carbocycles. The SMILES string of the molecule is CC(=O)CC(F)=C(F)Cl. The van der Waals surface area contributed by atoms with Crippen LogP contribution in [0.2, 0.25) is 0 Å². The fourth-order valence-electron chi connectivity index (χ4n) is 0.285. The first-order valence-electron chi connectivity index (χ1n) is 2.23. The van der Waals surface area contributed by atoms with E-state index in [1.807, 2.05) is 0 Å². The lowest BCUT2D eigenvalue weighted by molar-refractivity contribution is -0.116. The highest BCUT2D eigenvalue weighted by atomic mass is 35.5. The molecule has 0 aliphatic heterocycles. The van der Waals surface area contributed by atoms with Gasteiger partial charge in [-0.15, -0.1) is 0 Å². The zero-order valence-corrected chi connectivity index (χ0v) is 5.51. The lowest BCUT2D eigenvalue weighted by Crippen LogP contribution is -1.89. The maximum Gasteiger partial charge on any atom is 0.221 e. The van der Waals surface area contributed by atoms with Gasteiger partial charge in [-0.05, 0) is 18.5 Å². The Labute approximate surface area is 56.3 Å². The van der Waals surface area contributed by atoms with Gasteiger partial charge >= 0.3 is 0 Å². The van der Waals surface area contributed by atoms with E-state index in [9.17, 15) is 13.6 Å². The summed E-state index contributed by atoms with van der Waals surface area (Å²) in [5.41, 5.74) is 0. The number of ketones is 1. The normalized spacial score (nSPS) is 12.9. The van der Waals surface area contributed by atoms with E-state index < -0.39 is 23.3 Å². The molecule has 0 amide bonds. The molecule has 0 aliphatic rings. The van der Waals surface area contributed by atoms with Crippen LogP contribution < -0.4 is 0 Å². The first-order valence-corrected chi connectivity index (χ1v) is 2.61. The van der Waals surface area contributed by atoms with Gasteiger partial charge in [-0.25, -0.2) is 4.39 Å². The fourth-order valence-corrected chi connectivity index (χ4v) is 0.352. The Bertz CT molecular complexity index is 149. The number of allylic oxidation sites excluding steroid dienone is 1. The second-order valence-corrected chi connectivity index (χ2v) is 1.88. The molecule has 0 bridgehead atoms. The molecule has 0 aromatic heterocycles. The van der Waals surface area contributed by atoms with Gasteiger partial charge in [0.2, 0.25) is 5.29 Å². The number of rotatable bonds is 2. The minimum absolute atomic E-state index is 0.455. The summed E-state index contributed by atoms with van der Waals surface area (Å²) in [6, 6.07) is 0. The minimum atomic E-state index is -1.44. The summed E-state index contributed by atoms with van der Waals surface area (Å²) in [6.45, 7) is 1.15. The Morgan fingerprint density at radius 2 is 2.00 bits per heavy atom. The van der Waals surface area contributed by atoms with Crippen LogP contribution in [0.4, 0.5) is 8.78 Å². The third-order valence-corrected chi connectivity index (χ3v) is 0.814. The summed E-state index contributed by atoms with van der Waals surface area (Å²) in [5.74, 6) is -1.66. The van der Waals surface area contributed by atoms with Crippen molar-refractivity contribution in [3.05, 3.63) is 11.1 Å². The van der Waals surface area contributed by atoms with E-state index in [1.165, 1.54) is 0 Å². The summed E-state index contributed by atoms with van der Waals surface area (Å²) >= 11 is 4.56. The van der Waals surface area contributed by atoms with Gasteiger partial charge in [0.05, 0.1) is 6.42 Å². The summed E-state index contributed by atoms with van der Waals surface area (Å²) in [7, 11) is 0. The van der Waals surface area contributed by atoms with E-state index in [0.29, 0.717) is 0 Å². The highest BCUT2D eigenvalue weighted by molar-refractivity contribution is 6.28. The van der Waals surface area contributed by atoms with Gasteiger partial charge in [0, 0.05) is 0 Å². The number of Topliss-reactive ketones (excluding diaryl/α,β-unsaturated/α-hetero) is 1. The van der Waals surface area contributed by atoms with Crippen LogP contribution >= 0.6 is 11.6 Å². The van der Waals surface area contributed by atoms with Gasteiger partial charge in [-0.1, -0.05) is 0 Å². The molecular formula is C5H5ClF2O. The molecule has 0 unspecified atom stereocenters. The average molecular weight is 155 g/mol. The molecule has 0 saturated heterocycles. The van der Waals surface area contributed by atoms with Crippen molar-refractivity contribution in [3.8, 4) is 0 Å². The molecule has 1 nitrogen and oxygen atoms in total. The minimum Gasteiger partial charge on any atom is -0.300 e. The van der Waals surface area contributed by atoms with Crippen LogP contribution in [0.3, 0.4) is 0 Å². The van der Waals surface area contributed by atoms with E-state index in [0.717, 1.165) is 6.92 Å². The lowest BCUT2D eigenvalue weighted by atomic mass is 10.3. The van der Waals surface area contributed by atoms with Crippen molar-refractivity contribution in [1.82, 2.24) is 0 Å². The Balaban J connectivity index is 3.92. The van der Waals surface area contributed by atoms with E-state index >= 15 is 0 Å². The number of hydrogen-bond acceptors (Lipinski definition) is 1. The van der Waals surface area contributed by atoms with E-state index in [4.69, 9.17) is 0 Å². The zero-order valence-electron chi connectivity index (χ0n) is 4.75. The molecule has 0 saturated carbocycles. The van der Waals surface area contributed by atoms with Crippen LogP contribution in [0.15, 0.2) is 11.1 Å². The molecule has 0 fully saturated rings. The Morgan fingerprint density at radius 1 is 1.56 bits per heavy atom. The van der Waals surface area contributed by atoms with Crippen LogP contribution in [-0.4, -0.2) is 5.78 Å². The predicted molar refractivity (Wildman–Crippen MR) is 30.4 cm³/mol. The zero-order chi connectivity index (χ0) is 7.44. The van der Waals surface area contributed by atoms with Gasteiger partial charge in [0.1, 0.15) is 5.78 Å². The Kier molecular flexibility index (Phi) is 3.39. The molecule has 0 spiro atoms. The molecule has 0 aromatic rings. The smallest absolute Gasteiger partial charge is 0.221 e. The van der Waals surface area contributed by atoms with E-state index in [-0.39, 0.29) is 0 Å². The molecule has 9 heavy (non-hydrogen) atoms. The van der Waals surface area contributed by atoms with Crippen molar-refractivity contribution in [2.24, 2.45) is 0 Å². The number of carbonyl (C=O) groups is 1. The molecular weight excluding hydrogens is 150 g/mol. The summed E-state index contributed by atoms with van der Waals surface area (Å²) in [4.78, 5) is 10.1. The third kappa shape index (κ3) is 4.09. The van der Waals surface area contributed by atoms with Gasteiger partial charge in [-0.3, -0.25) is 4.79 Å². The first-order chi connectivity index (χ1) is 4.04. The average Bonchev–Trinajstić information content (AvgIpc) is 1.63. The van der Waals surface area contributed by atoms with Gasteiger partial charge < -0.3 is 0 Å². The molecule has 4 heteroatoms. The quantitative estimate of drug-likeness (QED) is 0.597. The van der Waals surface area contributed by atoms with Crippen LogP contribution in [0.1, 0.15) is 13.3 Å². The van der Waals surface area contributed by atoms with Crippen molar-refractivity contribution < 1.29 is 13.6 Å². The largest absolute Gasteiger partial charge is 0.300 e. The molecule has 0 atom stereocenters. The standard InChI is InChI=1S/C5H5ClF2O/c1-3(9)2-4(7)5(6)8/h2H2,1H3. The van der Waals surface area contributed by atoms with Crippen molar-refractivity contribution in [1.29, 1.82) is 0 Å². The number of carbonyl (C=O) groups excluding carboxylic acids is 1. The second kappa shape index (κ2) is 3.56. The highest BCUT2D eigenvalue weighted by Crippen LogP contribution is 2.15. The molecule has 0 rings (SSSR count). The van der Waals surface area contributed by atoms with Crippen molar-refractivity contribution in [2.45, 2.75) is 13.3 Å². The van der Waals surface area contributed by atoms with Gasteiger partial charge in [0.15, 0.2) is 5.83 Å². The summed E-state index contributed by atoms with van der Waals surface area (Å²) < 4.78 is 23.5. The molecule has 0 aliphatic carbocycles. The van der Waals surface area contributed by atoms with E-state index in [2.05, 4.69) is 11.6 Å². The van der Waals surface area contributed by atoms with Crippen LogP contribution in [0, 0.1) is 0 Å². The first kappa shape index (κ1) is 8.56. The van der Waals surface area contributed by atoms with Crippen LogP contribution in [-0.2, 0) is 4.79 Å². The molecule has 52 valence electrons. The van der Waals surface area contributed by atoms with Gasteiger partial charge in [0.25, 0.3) is 0 Å².